The van der Waals surface area contributed by atoms with Crippen molar-refractivity contribution < 1.29 is 0 Å². The molecule has 0 spiro atoms. The molecule has 14 rings (SSSR count). The Morgan fingerprint density at radius 3 is 2.02 bits per heavy atom. The van der Waals surface area contributed by atoms with Crippen LogP contribution in [0.15, 0.2) is 194 Å². The summed E-state index contributed by atoms with van der Waals surface area (Å²) in [5.41, 5.74) is 10.9. The number of benzene rings is 8. The maximum Gasteiger partial charge on any atom is 0.137 e. The van der Waals surface area contributed by atoms with Gasteiger partial charge in [-0.05, 0) is 74.0 Å². The summed E-state index contributed by atoms with van der Waals surface area (Å²) in [6.45, 7) is 0. The number of hydrogen-bond donors (Lipinski definition) is 0. The van der Waals surface area contributed by atoms with Crippen LogP contribution in [-0.2, 0) is 0 Å². The Hall–Kier alpha value is -7.53. The molecule has 1 unspecified atom stereocenters. The number of allylic oxidation sites excluding steroid dienone is 4. The maximum atomic E-state index is 4.97. The summed E-state index contributed by atoms with van der Waals surface area (Å²) < 4.78 is 7.38. The Morgan fingerprint density at radius 1 is 0.525 bits per heavy atom. The number of hydrogen-bond acceptors (Lipinski definition) is 2. The Labute approximate surface area is 354 Å². The molecular weight excluding hydrogens is 759 g/mol. The number of aromatic nitrogens is 3. The van der Waals surface area contributed by atoms with Gasteiger partial charge in [-0.3, -0.25) is 0 Å². The molecule has 0 bridgehead atoms. The van der Waals surface area contributed by atoms with E-state index >= 15 is 0 Å². The monoisotopic (exact) mass is 793 g/mol. The number of pyridine rings is 1. The van der Waals surface area contributed by atoms with Crippen molar-refractivity contribution in [3.63, 3.8) is 0 Å². The van der Waals surface area contributed by atoms with Gasteiger partial charge in [0.05, 0.1) is 16.7 Å². The van der Waals surface area contributed by atoms with Crippen LogP contribution in [0.3, 0.4) is 0 Å². The van der Waals surface area contributed by atoms with Crippen LogP contribution >= 0.6 is 11.3 Å². The van der Waals surface area contributed by atoms with Crippen molar-refractivity contribution in [1.29, 1.82) is 0 Å². The molecule has 3 nitrogen and oxygen atoms in total. The lowest BCUT2D eigenvalue weighted by molar-refractivity contribution is 0.846. The quantitative estimate of drug-likeness (QED) is 0.163. The molecule has 1 atom stereocenters. The highest BCUT2D eigenvalue weighted by Crippen LogP contribution is 2.52. The third-order valence-electron chi connectivity index (χ3n) is 13.5. The number of fused-ring (bicyclic) bond motifs is 18. The van der Waals surface area contributed by atoms with Crippen molar-refractivity contribution in [2.24, 2.45) is 5.92 Å². The first kappa shape index (κ1) is 33.3. The van der Waals surface area contributed by atoms with E-state index in [1.807, 2.05) is 23.5 Å². The second-order valence-corrected chi connectivity index (χ2v) is 17.6. The van der Waals surface area contributed by atoms with Crippen molar-refractivity contribution in [2.75, 3.05) is 0 Å². The van der Waals surface area contributed by atoms with Crippen LogP contribution in [0.1, 0.15) is 12.0 Å². The molecule has 0 amide bonds. The van der Waals surface area contributed by atoms with Crippen molar-refractivity contribution in [3.05, 3.63) is 210 Å². The molecule has 0 N–H and O–H groups in total. The fourth-order valence-electron chi connectivity index (χ4n) is 10.9. The van der Waals surface area contributed by atoms with Gasteiger partial charge in [-0.2, -0.15) is 0 Å². The molecule has 0 fully saturated rings. The average Bonchev–Trinajstić information content (AvgIpc) is 4.05. The second-order valence-electron chi connectivity index (χ2n) is 16.6. The van der Waals surface area contributed by atoms with Gasteiger partial charge < -0.3 is 8.97 Å². The smallest absolute Gasteiger partial charge is 0.137 e. The third-order valence-corrected chi connectivity index (χ3v) is 14.7. The van der Waals surface area contributed by atoms with Crippen molar-refractivity contribution >= 4 is 102 Å². The summed E-state index contributed by atoms with van der Waals surface area (Å²) in [5.74, 6) is 0.365. The Bertz CT molecular complexity index is 4050. The molecule has 2 aliphatic rings. The van der Waals surface area contributed by atoms with Crippen molar-refractivity contribution in [3.8, 4) is 16.9 Å². The van der Waals surface area contributed by atoms with Crippen LogP contribution in [0.2, 0.25) is 0 Å². The van der Waals surface area contributed by atoms with E-state index in [0.717, 1.165) is 29.0 Å². The van der Waals surface area contributed by atoms with E-state index in [1.54, 1.807) is 0 Å². The van der Waals surface area contributed by atoms with Crippen LogP contribution < -0.4 is 10.4 Å². The lowest BCUT2D eigenvalue weighted by atomic mass is 9.80. The molecular formula is C57H35N3S. The summed E-state index contributed by atoms with van der Waals surface area (Å²) in [6, 6.07) is 58.5. The van der Waals surface area contributed by atoms with Gasteiger partial charge in [0.25, 0.3) is 0 Å². The highest BCUT2D eigenvalue weighted by molar-refractivity contribution is 7.27. The predicted molar refractivity (Wildman–Crippen MR) is 258 cm³/mol. The molecule has 284 valence electrons. The normalized spacial score (nSPS) is 15.1. The topological polar surface area (TPSA) is 22.2 Å². The molecule has 8 aromatic carbocycles. The van der Waals surface area contributed by atoms with Gasteiger partial charge in [0.15, 0.2) is 0 Å². The molecule has 61 heavy (non-hydrogen) atoms. The van der Waals surface area contributed by atoms with Crippen LogP contribution in [0.25, 0.3) is 108 Å². The summed E-state index contributed by atoms with van der Waals surface area (Å²) in [5, 5.41) is 15.7. The lowest BCUT2D eigenvalue weighted by Gasteiger charge is -2.24. The number of nitrogens with zero attached hydrogens (tertiary/aromatic N) is 3. The first-order valence-corrected chi connectivity index (χ1v) is 22.0. The van der Waals surface area contributed by atoms with E-state index in [2.05, 4.69) is 191 Å². The molecule has 0 saturated carbocycles. The first-order valence-electron chi connectivity index (χ1n) is 21.1. The third kappa shape index (κ3) is 4.60. The summed E-state index contributed by atoms with van der Waals surface area (Å²) >= 11 is 1.98. The second kappa shape index (κ2) is 12.5. The molecule has 0 radical (unpaired) electrons. The summed E-state index contributed by atoms with van der Waals surface area (Å²) in [6.07, 6.45) is 14.3. The average molecular weight is 794 g/mol. The summed E-state index contributed by atoms with van der Waals surface area (Å²) in [7, 11) is 0. The van der Waals surface area contributed by atoms with Crippen LogP contribution in [-0.4, -0.2) is 14.0 Å². The fourth-order valence-corrected chi connectivity index (χ4v) is 12.3. The largest absolute Gasteiger partial charge is 0.308 e. The molecule has 4 heteroatoms. The zero-order valence-corrected chi connectivity index (χ0v) is 33.8. The van der Waals surface area contributed by atoms with Gasteiger partial charge in [-0.15, -0.1) is 11.3 Å². The van der Waals surface area contributed by atoms with E-state index in [-0.39, 0.29) is 0 Å². The van der Waals surface area contributed by atoms with Gasteiger partial charge in [0.1, 0.15) is 5.65 Å². The van der Waals surface area contributed by atoms with Gasteiger partial charge in [-0.1, -0.05) is 158 Å². The van der Waals surface area contributed by atoms with E-state index < -0.39 is 0 Å². The Kier molecular flexibility index (Phi) is 6.83. The minimum atomic E-state index is 0.365. The van der Waals surface area contributed by atoms with E-state index in [1.165, 1.54) is 101 Å². The lowest BCUT2D eigenvalue weighted by Crippen LogP contribution is -2.35. The SMILES string of the molecule is C1=CC2=c3ccccc3=C(c3cccc4c3sc3c5ccccc5c5c(c43)c3c4ccccc4c4ccccc4c3n5-c3ccc(-c4cn5ccccc5n4)cc3)CC2C=C1. The van der Waals surface area contributed by atoms with Crippen molar-refractivity contribution in [2.45, 2.75) is 6.42 Å². The highest BCUT2D eigenvalue weighted by atomic mass is 32.1. The molecule has 12 aromatic rings. The van der Waals surface area contributed by atoms with Crippen LogP contribution in [0, 0.1) is 5.92 Å². The van der Waals surface area contributed by atoms with Gasteiger partial charge in [-0.25, -0.2) is 4.98 Å². The standard InChI is InChI=1S/C57H35N3S/c1-2-15-37-35(14-1)32-48(41-19-4-3-16-38(37)41)46-24-13-25-47-52-53-51-42-20-7-5-17-39(42)40-18-6-8-21-43(40)54(51)60(55(53)44-22-9-10-23-45(44)57(52)61-56(46)47)36-29-27-34(28-30-36)49-33-59-31-12-11-26-50(59)58-49/h1-31,33,35H,32H2. The zero-order valence-electron chi connectivity index (χ0n) is 33.0. The maximum absolute atomic E-state index is 4.97. The van der Waals surface area contributed by atoms with Gasteiger partial charge in [0, 0.05) is 76.7 Å². The first-order chi connectivity index (χ1) is 30.3. The molecule has 0 aliphatic heterocycles. The molecule has 0 saturated heterocycles. The van der Waals surface area contributed by atoms with Gasteiger partial charge >= 0.3 is 0 Å². The highest BCUT2D eigenvalue weighted by Gasteiger charge is 2.27. The Morgan fingerprint density at radius 2 is 1.20 bits per heavy atom. The molecule has 4 aromatic heterocycles. The minimum Gasteiger partial charge on any atom is -0.308 e. The molecule has 4 heterocycles. The molecule has 2 aliphatic carbocycles. The van der Waals surface area contributed by atoms with Crippen LogP contribution in [0.5, 0.6) is 0 Å². The van der Waals surface area contributed by atoms with E-state index in [0.29, 0.717) is 5.92 Å². The predicted octanol–water partition coefficient (Wildman–Crippen LogP) is 13.4. The minimum absolute atomic E-state index is 0.365. The van der Waals surface area contributed by atoms with E-state index in [4.69, 9.17) is 4.98 Å². The zero-order chi connectivity index (χ0) is 39.8. The van der Waals surface area contributed by atoms with Crippen molar-refractivity contribution in [1.82, 2.24) is 14.0 Å². The van der Waals surface area contributed by atoms with Crippen LogP contribution in [0.4, 0.5) is 0 Å². The number of thiophene rings is 1. The Balaban J connectivity index is 1.16. The summed E-state index contributed by atoms with van der Waals surface area (Å²) in [4.78, 5) is 4.97. The number of rotatable bonds is 3. The number of imidazole rings is 1. The van der Waals surface area contributed by atoms with E-state index in [9.17, 15) is 0 Å². The fraction of sp³-hybridized carbons (Fsp3) is 0.0351. The van der Waals surface area contributed by atoms with Gasteiger partial charge in [0.2, 0.25) is 0 Å².